The maximum Gasteiger partial charge on any atom is 0.247 e. The summed E-state index contributed by atoms with van der Waals surface area (Å²) in [5, 5.41) is 7.41. The van der Waals surface area contributed by atoms with Crippen LogP contribution in [0.2, 0.25) is 0 Å². The van der Waals surface area contributed by atoms with Crippen LogP contribution in [0.3, 0.4) is 0 Å². The summed E-state index contributed by atoms with van der Waals surface area (Å²) in [6, 6.07) is -0.167. The Morgan fingerprint density at radius 2 is 2.06 bits per heavy atom. The number of nitrogens with one attached hydrogen (secondary N) is 3. The molecular weight excluding hydrogens is 407 g/mol. The first kappa shape index (κ1) is 20.6. The second kappa shape index (κ2) is 9.06. The molecule has 0 aromatic carbocycles. The van der Waals surface area contributed by atoms with Crippen LogP contribution in [0, 0.1) is 5.82 Å². The molecule has 1 aliphatic heterocycles. The lowest BCUT2D eigenvalue weighted by atomic mass is 9.89. The molecule has 32 heavy (non-hydrogen) atoms. The fourth-order valence-corrected chi connectivity index (χ4v) is 4.63. The second-order valence-electron chi connectivity index (χ2n) is 8.50. The number of fused-ring (bicyclic) bond motifs is 1. The summed E-state index contributed by atoms with van der Waals surface area (Å²) in [4.78, 5) is 29.1. The van der Waals surface area contributed by atoms with Crippen molar-refractivity contribution in [3.63, 3.8) is 0 Å². The smallest absolute Gasteiger partial charge is 0.247 e. The third-order valence-corrected chi connectivity index (χ3v) is 6.34. The van der Waals surface area contributed by atoms with E-state index in [2.05, 4.69) is 42.7 Å². The largest absolute Gasteiger partial charge is 0.363 e. The Morgan fingerprint density at radius 1 is 1.19 bits per heavy atom. The highest BCUT2D eigenvalue weighted by atomic mass is 19.1. The first-order valence-corrected chi connectivity index (χ1v) is 11.4. The number of anilines is 1. The highest BCUT2D eigenvalue weighted by molar-refractivity contribution is 5.94. The van der Waals surface area contributed by atoms with Gasteiger partial charge in [0.2, 0.25) is 5.91 Å². The van der Waals surface area contributed by atoms with Gasteiger partial charge in [-0.1, -0.05) is 37.1 Å². The van der Waals surface area contributed by atoms with E-state index >= 15 is 0 Å². The summed E-state index contributed by atoms with van der Waals surface area (Å²) in [6.45, 7) is 0.756. The lowest BCUT2D eigenvalue weighted by Gasteiger charge is -2.33. The van der Waals surface area contributed by atoms with Gasteiger partial charge in [0.05, 0.1) is 6.20 Å². The molecule has 8 heteroatoms. The Morgan fingerprint density at radius 3 is 2.91 bits per heavy atom. The Kier molecular flexibility index (Phi) is 5.83. The minimum Gasteiger partial charge on any atom is -0.363 e. The second-order valence-corrected chi connectivity index (χ2v) is 8.50. The minimum absolute atomic E-state index is 0.0323. The van der Waals surface area contributed by atoms with E-state index in [0.29, 0.717) is 5.82 Å². The van der Waals surface area contributed by atoms with Gasteiger partial charge in [0, 0.05) is 41.2 Å². The number of carbonyl (C=O) groups excluding carboxylic acids is 1. The van der Waals surface area contributed by atoms with Gasteiger partial charge in [-0.15, -0.1) is 0 Å². The molecule has 2 aromatic rings. The van der Waals surface area contributed by atoms with Crippen LogP contribution < -0.4 is 21.3 Å². The standard InChI is InChI=1S/C24H27FN6O/c25-18-14-28-22(17-13-27-21-16(17)9-6-12-26-21)31-23(18)29-19-10-4-5-11-20(19)30-24(32)15-7-2-1-3-8-15/h1-2,7,9,13-14,19-20H,3-6,8,10-12H2,(H,26,27)(H,30,32)(H,28,29,31). The Hall–Kier alpha value is -3.29. The summed E-state index contributed by atoms with van der Waals surface area (Å²) in [5.41, 5.74) is 2.43. The van der Waals surface area contributed by atoms with E-state index < -0.39 is 5.82 Å². The Labute approximate surface area is 185 Å². The SMILES string of the molecule is O=C(NC1CCCCC1Nc1nc(-c2c[nH]c3c2=CCCN=3)ncc1F)C1=CC=CCC1. The maximum atomic E-state index is 14.7. The third-order valence-electron chi connectivity index (χ3n) is 6.34. The molecule has 3 N–H and O–H groups in total. The number of aromatic nitrogens is 3. The van der Waals surface area contributed by atoms with Crippen molar-refractivity contribution in [2.75, 3.05) is 11.9 Å². The van der Waals surface area contributed by atoms with Crippen molar-refractivity contribution in [2.24, 2.45) is 4.99 Å². The number of allylic oxidation sites excluding steroid dienone is 3. The Balaban J connectivity index is 1.37. The number of H-pyrrole nitrogens is 1. The van der Waals surface area contributed by atoms with Crippen molar-refractivity contribution in [1.82, 2.24) is 20.3 Å². The van der Waals surface area contributed by atoms with E-state index in [-0.39, 0.29) is 23.8 Å². The summed E-state index contributed by atoms with van der Waals surface area (Å²) in [5.74, 6) is 0.0942. The molecule has 0 bridgehead atoms. The normalized spacial score (nSPS) is 22.2. The zero-order valence-corrected chi connectivity index (χ0v) is 17.9. The summed E-state index contributed by atoms with van der Waals surface area (Å²) in [6.07, 6.45) is 17.3. The molecular formula is C24H27FN6O. The van der Waals surface area contributed by atoms with Crippen LogP contribution in [0.1, 0.15) is 44.9 Å². The fourth-order valence-electron chi connectivity index (χ4n) is 4.63. The molecule has 3 aliphatic rings. The number of hydrogen-bond donors (Lipinski definition) is 3. The van der Waals surface area contributed by atoms with E-state index in [1.54, 1.807) is 0 Å². The zero-order valence-electron chi connectivity index (χ0n) is 17.9. The quantitative estimate of drug-likeness (QED) is 0.674. The van der Waals surface area contributed by atoms with Crippen LogP contribution in [-0.4, -0.2) is 39.5 Å². The van der Waals surface area contributed by atoms with Crippen molar-refractivity contribution in [3.8, 4) is 11.4 Å². The molecule has 3 heterocycles. The molecule has 5 rings (SSSR count). The predicted molar refractivity (Wildman–Crippen MR) is 121 cm³/mol. The van der Waals surface area contributed by atoms with Gasteiger partial charge in [-0.05, 0) is 32.1 Å². The molecule has 1 amide bonds. The van der Waals surface area contributed by atoms with Gasteiger partial charge in [0.1, 0.15) is 5.49 Å². The van der Waals surface area contributed by atoms with Crippen LogP contribution >= 0.6 is 0 Å². The van der Waals surface area contributed by atoms with Crippen LogP contribution in [0.25, 0.3) is 17.5 Å². The van der Waals surface area contributed by atoms with Gasteiger partial charge in [0.25, 0.3) is 0 Å². The van der Waals surface area contributed by atoms with Gasteiger partial charge in [-0.2, -0.15) is 0 Å². The van der Waals surface area contributed by atoms with E-state index in [0.717, 1.165) is 73.3 Å². The van der Waals surface area contributed by atoms with Crippen LogP contribution in [0.4, 0.5) is 10.2 Å². The number of carbonyl (C=O) groups is 1. The highest BCUT2D eigenvalue weighted by Crippen LogP contribution is 2.25. The van der Waals surface area contributed by atoms with Gasteiger partial charge < -0.3 is 15.6 Å². The topological polar surface area (TPSA) is 95.1 Å². The third kappa shape index (κ3) is 4.22. The summed E-state index contributed by atoms with van der Waals surface area (Å²) < 4.78 is 14.7. The van der Waals surface area contributed by atoms with Crippen molar-refractivity contribution < 1.29 is 9.18 Å². The molecule has 2 unspecified atom stereocenters. The average molecular weight is 435 g/mol. The van der Waals surface area contributed by atoms with E-state index in [1.165, 1.54) is 6.20 Å². The van der Waals surface area contributed by atoms with Gasteiger partial charge in [-0.3, -0.25) is 9.79 Å². The van der Waals surface area contributed by atoms with E-state index in [9.17, 15) is 9.18 Å². The fraction of sp³-hybridized carbons (Fsp3) is 0.417. The van der Waals surface area contributed by atoms with Crippen molar-refractivity contribution >= 4 is 17.8 Å². The molecule has 166 valence electrons. The number of amides is 1. The molecule has 1 fully saturated rings. The molecule has 7 nitrogen and oxygen atoms in total. The van der Waals surface area contributed by atoms with Gasteiger partial charge in [-0.25, -0.2) is 14.4 Å². The predicted octanol–water partition coefficient (Wildman–Crippen LogP) is 2.53. The molecule has 1 saturated carbocycles. The first-order valence-electron chi connectivity index (χ1n) is 11.4. The minimum atomic E-state index is -0.498. The van der Waals surface area contributed by atoms with Crippen LogP contribution in [-0.2, 0) is 4.79 Å². The first-order chi connectivity index (χ1) is 15.7. The maximum absolute atomic E-state index is 14.7. The van der Waals surface area contributed by atoms with Crippen LogP contribution in [0.5, 0.6) is 0 Å². The molecule has 2 aromatic heterocycles. The monoisotopic (exact) mass is 434 g/mol. The molecule has 0 spiro atoms. The highest BCUT2D eigenvalue weighted by Gasteiger charge is 2.28. The molecule has 2 atom stereocenters. The number of rotatable bonds is 5. The zero-order chi connectivity index (χ0) is 21.9. The molecule has 0 radical (unpaired) electrons. The van der Waals surface area contributed by atoms with E-state index in [1.807, 2.05) is 18.3 Å². The van der Waals surface area contributed by atoms with E-state index in [4.69, 9.17) is 0 Å². The number of nitrogens with zero attached hydrogens (tertiary/aromatic N) is 3. The van der Waals surface area contributed by atoms with Crippen molar-refractivity contribution in [2.45, 2.75) is 57.0 Å². The summed E-state index contributed by atoms with van der Waals surface area (Å²) >= 11 is 0. The van der Waals surface area contributed by atoms with Crippen molar-refractivity contribution in [3.05, 3.63) is 52.7 Å². The average Bonchev–Trinajstić information content (AvgIpc) is 3.26. The van der Waals surface area contributed by atoms with Gasteiger partial charge in [0.15, 0.2) is 17.5 Å². The number of hydrogen-bond acceptors (Lipinski definition) is 5. The number of aromatic amines is 1. The number of halogens is 1. The molecule has 0 saturated heterocycles. The lowest BCUT2D eigenvalue weighted by Crippen LogP contribution is -2.49. The summed E-state index contributed by atoms with van der Waals surface area (Å²) in [7, 11) is 0. The Bertz CT molecular complexity index is 1200. The van der Waals surface area contributed by atoms with Gasteiger partial charge >= 0.3 is 0 Å². The molecule has 2 aliphatic carbocycles. The lowest BCUT2D eigenvalue weighted by molar-refractivity contribution is -0.118. The van der Waals surface area contributed by atoms with Crippen molar-refractivity contribution in [1.29, 1.82) is 0 Å². The van der Waals surface area contributed by atoms with Crippen LogP contribution in [0.15, 0.2) is 41.2 Å².